The molecule has 2 saturated heterocycles. The van der Waals surface area contributed by atoms with Crippen LogP contribution in [0.15, 0.2) is 10.6 Å². The summed E-state index contributed by atoms with van der Waals surface area (Å²) in [5.74, 6) is -7.74. The lowest BCUT2D eigenvalue weighted by Gasteiger charge is -2.47. The molecule has 3 rings (SSSR count). The summed E-state index contributed by atoms with van der Waals surface area (Å²) in [4.78, 5) is 52.4. The van der Waals surface area contributed by atoms with Gasteiger partial charge in [-0.3, -0.25) is 18.6 Å². The van der Waals surface area contributed by atoms with E-state index in [2.05, 4.69) is 10.6 Å². The predicted octanol–water partition coefficient (Wildman–Crippen LogP) is -0.213. The number of hydrogen-bond acceptors (Lipinski definition) is 7. The van der Waals surface area contributed by atoms with Gasteiger partial charge >= 0.3 is 11.7 Å². The quantitative estimate of drug-likeness (QED) is 0.354. The number of carboxylic acid groups (broad SMARTS) is 1. The number of carbonyl (C=O) groups is 4. The van der Waals surface area contributed by atoms with Gasteiger partial charge in [0.25, 0.3) is 0 Å². The lowest BCUT2D eigenvalue weighted by Crippen LogP contribution is -2.66. The number of rotatable bonds is 9. The monoisotopic (exact) mass is 522 g/mol. The molecule has 0 aliphatic carbocycles. The first-order chi connectivity index (χ1) is 15.8. The number of β-lactam (4-membered cyclic amide) rings is 1. The largest absolute Gasteiger partial charge is 0.477 e. The molecule has 190 valence electrons. The molecule has 7 atom stereocenters. The predicted molar refractivity (Wildman–Crippen MR) is 121 cm³/mol. The van der Waals surface area contributed by atoms with Crippen LogP contribution in [0.25, 0.3) is 0 Å². The molecule has 3 heterocycles. The van der Waals surface area contributed by atoms with E-state index < -0.39 is 58.1 Å². The van der Waals surface area contributed by atoms with E-state index in [1.54, 1.807) is 27.9 Å². The molecule has 3 N–H and O–H groups in total. The average Bonchev–Trinajstić information content (AvgIpc) is 3.29. The third-order valence-electron chi connectivity index (χ3n) is 6.31. The summed E-state index contributed by atoms with van der Waals surface area (Å²) >= 11 is 1.34. The topological polar surface area (TPSA) is 136 Å². The maximum atomic E-state index is 12.9. The Balaban J connectivity index is 1.70. The van der Waals surface area contributed by atoms with Gasteiger partial charge in [0.15, 0.2) is 0 Å². The maximum Gasteiger partial charge on any atom is 0.353 e. The maximum absolute atomic E-state index is 12.9. The fourth-order valence-corrected chi connectivity index (χ4v) is 6.69. The smallest absolute Gasteiger partial charge is 0.353 e. The molecule has 1 unspecified atom stereocenters. The van der Waals surface area contributed by atoms with Gasteiger partial charge in [-0.25, -0.2) is 4.79 Å². The number of fused-ring (bicyclic) bond motifs is 1. The molecule has 14 heteroatoms. The van der Waals surface area contributed by atoms with Gasteiger partial charge < -0.3 is 25.5 Å². The number of thioether (sulfide) groups is 1. The first-order valence-corrected chi connectivity index (χ1v) is 13.0. The zero-order valence-electron chi connectivity index (χ0n) is 19.1. The second kappa shape index (κ2) is 10.3. The van der Waals surface area contributed by atoms with Crippen LogP contribution in [-0.2, 0) is 30.0 Å². The highest BCUT2D eigenvalue weighted by Crippen LogP contribution is 2.51. The van der Waals surface area contributed by atoms with Crippen LogP contribution in [-0.4, -0.2) is 98.3 Å². The third-order valence-corrected chi connectivity index (χ3v) is 8.77. The van der Waals surface area contributed by atoms with Crippen molar-refractivity contribution in [2.75, 3.05) is 26.4 Å². The lowest BCUT2D eigenvalue weighted by atomic mass is 9.78. The summed E-state index contributed by atoms with van der Waals surface area (Å²) in [5.41, 5.74) is -0.0940. The van der Waals surface area contributed by atoms with E-state index >= 15 is 0 Å². The minimum atomic E-state index is -3.14. The van der Waals surface area contributed by atoms with Crippen LogP contribution in [0.1, 0.15) is 20.3 Å². The molecule has 34 heavy (non-hydrogen) atoms. The van der Waals surface area contributed by atoms with Gasteiger partial charge in [0.05, 0.1) is 28.8 Å². The second-order valence-electron chi connectivity index (χ2n) is 8.84. The SMILES string of the molecule is C[C@@H](NC(=O)CS(=O)C(F)F)[C@@H]1C(=O)N2C(C(=O)O)=C(S[C@@H]3CN[C@H](C(=O)N(C)C)C3)[C@H](C)[C@H]12. The fraction of sp³-hybridized carbons (Fsp3) is 0.700. The third kappa shape index (κ3) is 4.98. The number of amides is 3. The van der Waals surface area contributed by atoms with E-state index in [-0.39, 0.29) is 28.8 Å². The van der Waals surface area contributed by atoms with Crippen molar-refractivity contribution in [3.05, 3.63) is 10.6 Å². The van der Waals surface area contributed by atoms with Crippen molar-refractivity contribution in [1.82, 2.24) is 20.4 Å². The van der Waals surface area contributed by atoms with Gasteiger partial charge in [0.2, 0.25) is 17.7 Å². The zero-order chi connectivity index (χ0) is 25.5. The molecule has 0 bridgehead atoms. The van der Waals surface area contributed by atoms with Crippen molar-refractivity contribution in [3.8, 4) is 0 Å². The molecule has 3 amide bonds. The van der Waals surface area contributed by atoms with E-state index in [0.717, 1.165) is 0 Å². The molecule has 2 fully saturated rings. The molecule has 0 aromatic heterocycles. The molecule has 0 aromatic carbocycles. The van der Waals surface area contributed by atoms with Crippen molar-refractivity contribution in [1.29, 1.82) is 0 Å². The van der Waals surface area contributed by atoms with Crippen LogP contribution in [0, 0.1) is 11.8 Å². The first-order valence-electron chi connectivity index (χ1n) is 10.7. The molecule has 10 nitrogen and oxygen atoms in total. The van der Waals surface area contributed by atoms with Crippen LogP contribution in [0.2, 0.25) is 0 Å². The van der Waals surface area contributed by atoms with Crippen LogP contribution in [0.3, 0.4) is 0 Å². The Labute approximate surface area is 202 Å². The van der Waals surface area contributed by atoms with Crippen molar-refractivity contribution < 1.29 is 37.3 Å². The van der Waals surface area contributed by atoms with E-state index in [1.807, 2.05) is 0 Å². The number of nitrogens with one attached hydrogen (secondary N) is 2. The number of carbonyl (C=O) groups excluding carboxylic acids is 3. The summed E-state index contributed by atoms with van der Waals surface area (Å²) in [7, 11) is 0.697. The molecule has 0 radical (unpaired) electrons. The average molecular weight is 523 g/mol. The molecule has 3 aliphatic heterocycles. The van der Waals surface area contributed by atoms with Gasteiger partial charge in [0.1, 0.15) is 11.4 Å². The number of hydrogen-bond donors (Lipinski definition) is 3. The number of nitrogens with zero attached hydrogens (tertiary/aromatic N) is 2. The van der Waals surface area contributed by atoms with Gasteiger partial charge in [-0.1, -0.05) is 6.92 Å². The molecule has 3 aliphatic rings. The highest BCUT2D eigenvalue weighted by atomic mass is 32.2. The standard InChI is InChI=1S/C20H28F2N4O6S2/c1-8-14-13(9(2)24-12(27)7-34(32)20(21)22)18(29)26(14)15(19(30)31)16(8)33-10-5-11(23-6-10)17(28)25(3)4/h8-11,13-14,20,23H,5-7H2,1-4H3,(H,24,27)(H,30,31)/t8-,9-,10+,11+,13+,14-,34?/m1/s1. The zero-order valence-corrected chi connectivity index (χ0v) is 20.8. The van der Waals surface area contributed by atoms with E-state index in [4.69, 9.17) is 0 Å². The van der Waals surface area contributed by atoms with E-state index in [0.29, 0.717) is 17.9 Å². The molecule has 0 aromatic rings. The highest BCUT2D eigenvalue weighted by Gasteiger charge is 2.60. The number of carboxylic acids is 1. The summed E-state index contributed by atoms with van der Waals surface area (Å²) < 4.78 is 36.2. The number of halogens is 2. The summed E-state index contributed by atoms with van der Waals surface area (Å²) in [5, 5.41) is 15.4. The fourth-order valence-electron chi connectivity index (χ4n) is 4.75. The minimum absolute atomic E-state index is 0.0607. The first kappa shape index (κ1) is 26.5. The number of alkyl halides is 2. The highest BCUT2D eigenvalue weighted by molar-refractivity contribution is 8.03. The van der Waals surface area contributed by atoms with E-state index in [9.17, 15) is 37.3 Å². The van der Waals surface area contributed by atoms with Crippen molar-refractivity contribution in [2.45, 2.75) is 49.4 Å². The summed E-state index contributed by atoms with van der Waals surface area (Å²) in [6.45, 7) is 3.86. The Morgan fingerprint density at radius 3 is 2.56 bits per heavy atom. The van der Waals surface area contributed by atoms with Crippen LogP contribution in [0.5, 0.6) is 0 Å². The van der Waals surface area contributed by atoms with Crippen LogP contribution >= 0.6 is 11.8 Å². The second-order valence-corrected chi connectivity index (χ2v) is 11.6. The Morgan fingerprint density at radius 2 is 2.00 bits per heavy atom. The normalized spacial score (nSPS) is 30.1. The lowest BCUT2D eigenvalue weighted by molar-refractivity contribution is -0.158. The van der Waals surface area contributed by atoms with Crippen molar-refractivity contribution in [3.63, 3.8) is 0 Å². The Kier molecular flexibility index (Phi) is 8.03. The summed E-state index contributed by atoms with van der Waals surface area (Å²) in [6.07, 6.45) is 0.514. The van der Waals surface area contributed by atoms with Gasteiger partial charge in [-0.2, -0.15) is 8.78 Å². The Bertz CT molecular complexity index is 946. The molecule has 0 saturated carbocycles. The molecular weight excluding hydrogens is 494 g/mol. The van der Waals surface area contributed by atoms with Gasteiger partial charge in [0, 0.05) is 42.8 Å². The van der Waals surface area contributed by atoms with Crippen molar-refractivity contribution in [2.24, 2.45) is 11.8 Å². The summed E-state index contributed by atoms with van der Waals surface area (Å²) in [6, 6.07) is -1.63. The van der Waals surface area contributed by atoms with Crippen molar-refractivity contribution >= 4 is 46.3 Å². The van der Waals surface area contributed by atoms with Gasteiger partial charge in [-0.05, 0) is 13.3 Å². The Morgan fingerprint density at radius 1 is 1.35 bits per heavy atom. The number of aliphatic carboxylic acids is 1. The van der Waals surface area contributed by atoms with Crippen LogP contribution < -0.4 is 10.6 Å². The van der Waals surface area contributed by atoms with Crippen LogP contribution in [0.4, 0.5) is 8.78 Å². The van der Waals surface area contributed by atoms with E-state index in [1.165, 1.54) is 21.6 Å². The minimum Gasteiger partial charge on any atom is -0.477 e. The molecular formula is C20H28F2N4O6S2. The van der Waals surface area contributed by atoms with Gasteiger partial charge in [-0.15, -0.1) is 11.8 Å². The number of likely N-dealkylation sites (N-methyl/N-ethyl adjacent to an activating group) is 1. The molecule has 0 spiro atoms. The Hall–Kier alpha value is -2.06.